The Morgan fingerprint density at radius 1 is 1.40 bits per heavy atom. The van der Waals surface area contributed by atoms with E-state index in [-0.39, 0.29) is 0 Å². The van der Waals surface area contributed by atoms with Crippen molar-refractivity contribution in [3.05, 3.63) is 23.8 Å². The third-order valence-electron chi connectivity index (χ3n) is 3.91. The summed E-state index contributed by atoms with van der Waals surface area (Å²) in [6.45, 7) is 5.58. The van der Waals surface area contributed by atoms with Gasteiger partial charge in [0.2, 0.25) is 0 Å². The molecule has 2 rings (SSSR count). The van der Waals surface area contributed by atoms with Crippen LogP contribution in [0.2, 0.25) is 0 Å². The maximum atomic E-state index is 6.03. The number of thiocarbonyl (C=S) groups is 1. The molecule has 1 aliphatic rings. The summed E-state index contributed by atoms with van der Waals surface area (Å²) in [6, 6.07) is 7.00. The summed E-state index contributed by atoms with van der Waals surface area (Å²) >= 11 is 7.15. The lowest BCUT2D eigenvalue weighted by molar-refractivity contribution is 0.615. The molecule has 1 heterocycles. The molecular formula is C16H24N2S2. The van der Waals surface area contributed by atoms with Crippen molar-refractivity contribution in [3.8, 4) is 0 Å². The topological polar surface area (TPSA) is 29.3 Å². The zero-order valence-electron chi connectivity index (χ0n) is 12.4. The van der Waals surface area contributed by atoms with E-state index in [4.69, 9.17) is 18.0 Å². The molecule has 1 aromatic rings. The molecule has 1 atom stereocenters. The maximum Gasteiger partial charge on any atom is 0.107 e. The molecule has 4 heteroatoms. The average molecular weight is 309 g/mol. The lowest BCUT2D eigenvalue weighted by Crippen LogP contribution is -2.34. The van der Waals surface area contributed by atoms with Crippen molar-refractivity contribution in [2.75, 3.05) is 17.2 Å². The van der Waals surface area contributed by atoms with Gasteiger partial charge in [-0.2, -0.15) is 0 Å². The van der Waals surface area contributed by atoms with Crippen LogP contribution in [0.15, 0.2) is 23.1 Å². The normalized spacial score (nSPS) is 19.7. The van der Waals surface area contributed by atoms with Crippen LogP contribution in [-0.4, -0.2) is 23.3 Å². The van der Waals surface area contributed by atoms with E-state index >= 15 is 0 Å². The molecule has 1 saturated heterocycles. The fourth-order valence-electron chi connectivity index (χ4n) is 2.92. The zero-order chi connectivity index (χ0) is 14.5. The van der Waals surface area contributed by atoms with Crippen LogP contribution in [0.25, 0.3) is 0 Å². The van der Waals surface area contributed by atoms with Gasteiger partial charge in [0, 0.05) is 28.7 Å². The van der Waals surface area contributed by atoms with Gasteiger partial charge in [-0.1, -0.05) is 38.0 Å². The van der Waals surface area contributed by atoms with E-state index in [1.807, 2.05) is 11.8 Å². The lowest BCUT2D eigenvalue weighted by Gasteiger charge is -2.32. The highest BCUT2D eigenvalue weighted by Gasteiger charge is 2.22. The Bertz CT molecular complexity index is 474. The number of benzene rings is 1. The highest BCUT2D eigenvalue weighted by molar-refractivity contribution is 7.99. The molecule has 20 heavy (non-hydrogen) atoms. The van der Waals surface area contributed by atoms with Crippen molar-refractivity contribution in [2.45, 2.75) is 50.5 Å². The fraction of sp³-hybridized carbons (Fsp3) is 0.562. The molecule has 110 valence electrons. The maximum absolute atomic E-state index is 6.03. The van der Waals surface area contributed by atoms with Gasteiger partial charge < -0.3 is 10.6 Å². The van der Waals surface area contributed by atoms with Gasteiger partial charge in [-0.05, 0) is 37.7 Å². The molecule has 0 saturated carbocycles. The molecule has 0 radical (unpaired) electrons. The number of thioether (sulfide) groups is 1. The first-order chi connectivity index (χ1) is 9.65. The first-order valence-corrected chi connectivity index (χ1v) is 8.86. The number of anilines is 1. The van der Waals surface area contributed by atoms with E-state index in [1.165, 1.54) is 36.3 Å². The zero-order valence-corrected chi connectivity index (χ0v) is 14.0. The molecule has 0 aromatic heterocycles. The third-order valence-corrected chi connectivity index (χ3v) is 5.06. The van der Waals surface area contributed by atoms with Gasteiger partial charge in [-0.25, -0.2) is 0 Å². The van der Waals surface area contributed by atoms with E-state index in [0.717, 1.165) is 17.9 Å². The summed E-state index contributed by atoms with van der Waals surface area (Å²) in [5.74, 6) is 1.04. The standard InChI is InChI=1S/C16H24N2S2/c1-3-20-14-10-7-9-13(15(14)16(17)19)18-11-6-4-5-8-12(18)2/h7,9-10,12H,3-6,8,11H2,1-2H3,(H2,17,19). The van der Waals surface area contributed by atoms with Gasteiger partial charge in [0.05, 0.1) is 0 Å². The van der Waals surface area contributed by atoms with E-state index in [2.05, 4.69) is 36.9 Å². The van der Waals surface area contributed by atoms with Crippen molar-refractivity contribution in [3.63, 3.8) is 0 Å². The molecule has 0 amide bonds. The van der Waals surface area contributed by atoms with Crippen molar-refractivity contribution in [1.82, 2.24) is 0 Å². The van der Waals surface area contributed by atoms with Crippen molar-refractivity contribution in [2.24, 2.45) is 5.73 Å². The fourth-order valence-corrected chi connectivity index (χ4v) is 4.04. The number of nitrogens with zero attached hydrogens (tertiary/aromatic N) is 1. The third kappa shape index (κ3) is 3.47. The summed E-state index contributed by atoms with van der Waals surface area (Å²) < 4.78 is 0. The predicted molar refractivity (Wildman–Crippen MR) is 94.0 cm³/mol. The molecule has 1 aromatic carbocycles. The van der Waals surface area contributed by atoms with E-state index in [1.54, 1.807) is 0 Å². The predicted octanol–water partition coefficient (Wildman–Crippen LogP) is 4.20. The van der Waals surface area contributed by atoms with Gasteiger partial charge in [-0.3, -0.25) is 0 Å². The number of hydrogen-bond donors (Lipinski definition) is 1. The summed E-state index contributed by atoms with van der Waals surface area (Å²) in [7, 11) is 0. The molecule has 2 nitrogen and oxygen atoms in total. The average Bonchev–Trinajstić information content (AvgIpc) is 2.63. The van der Waals surface area contributed by atoms with Crippen LogP contribution < -0.4 is 10.6 Å². The lowest BCUT2D eigenvalue weighted by atomic mass is 10.1. The Labute approximate surface area is 132 Å². The van der Waals surface area contributed by atoms with Crippen molar-refractivity contribution in [1.29, 1.82) is 0 Å². The van der Waals surface area contributed by atoms with Gasteiger partial charge >= 0.3 is 0 Å². The molecule has 0 aliphatic carbocycles. The SMILES string of the molecule is CCSc1cccc(N2CCCCCC2C)c1C(N)=S. The quantitative estimate of drug-likeness (QED) is 0.667. The van der Waals surface area contributed by atoms with Crippen LogP contribution in [-0.2, 0) is 0 Å². The van der Waals surface area contributed by atoms with Crippen LogP contribution in [0.3, 0.4) is 0 Å². The van der Waals surface area contributed by atoms with Crippen molar-refractivity contribution < 1.29 is 0 Å². The Balaban J connectivity index is 2.43. The molecule has 1 aliphatic heterocycles. The minimum atomic E-state index is 0.521. The Kier molecular flexibility index (Phi) is 5.73. The Morgan fingerprint density at radius 2 is 2.20 bits per heavy atom. The second-order valence-electron chi connectivity index (χ2n) is 5.34. The van der Waals surface area contributed by atoms with Gasteiger partial charge in [0.1, 0.15) is 4.99 Å². The largest absolute Gasteiger partial charge is 0.389 e. The second kappa shape index (κ2) is 7.32. The van der Waals surface area contributed by atoms with Crippen LogP contribution in [0.1, 0.15) is 45.1 Å². The smallest absolute Gasteiger partial charge is 0.107 e. The van der Waals surface area contributed by atoms with Crippen LogP contribution >= 0.6 is 24.0 Å². The molecule has 0 spiro atoms. The van der Waals surface area contributed by atoms with E-state index < -0.39 is 0 Å². The number of nitrogens with two attached hydrogens (primary N) is 1. The molecule has 1 unspecified atom stereocenters. The first-order valence-electron chi connectivity index (χ1n) is 7.47. The van der Waals surface area contributed by atoms with Crippen molar-refractivity contribution >= 4 is 34.7 Å². The minimum absolute atomic E-state index is 0.521. The molecule has 2 N–H and O–H groups in total. The van der Waals surface area contributed by atoms with E-state index in [0.29, 0.717) is 11.0 Å². The highest BCUT2D eigenvalue weighted by atomic mass is 32.2. The van der Waals surface area contributed by atoms with E-state index in [9.17, 15) is 0 Å². The van der Waals surface area contributed by atoms with Gasteiger partial charge in [-0.15, -0.1) is 11.8 Å². The summed E-state index contributed by atoms with van der Waals surface area (Å²) in [6.07, 6.45) is 5.16. The molecule has 1 fully saturated rings. The van der Waals surface area contributed by atoms with Gasteiger partial charge in [0.15, 0.2) is 0 Å². The highest BCUT2D eigenvalue weighted by Crippen LogP contribution is 2.33. The summed E-state index contributed by atoms with van der Waals surface area (Å²) in [4.78, 5) is 4.24. The monoisotopic (exact) mass is 308 g/mol. The first kappa shape index (κ1) is 15.6. The Hall–Kier alpha value is -0.740. The second-order valence-corrected chi connectivity index (χ2v) is 7.08. The number of hydrogen-bond acceptors (Lipinski definition) is 3. The minimum Gasteiger partial charge on any atom is -0.389 e. The summed E-state index contributed by atoms with van der Waals surface area (Å²) in [5, 5.41) is 0. The van der Waals surface area contributed by atoms with Crippen LogP contribution in [0.4, 0.5) is 5.69 Å². The Morgan fingerprint density at radius 3 is 2.90 bits per heavy atom. The number of rotatable bonds is 4. The van der Waals surface area contributed by atoms with Crippen LogP contribution in [0, 0.1) is 0 Å². The van der Waals surface area contributed by atoms with Crippen LogP contribution in [0.5, 0.6) is 0 Å². The molecule has 0 bridgehead atoms. The van der Waals surface area contributed by atoms with Gasteiger partial charge in [0.25, 0.3) is 0 Å². The summed E-state index contributed by atoms with van der Waals surface area (Å²) in [5.41, 5.74) is 8.33. The molecular weight excluding hydrogens is 284 g/mol.